The summed E-state index contributed by atoms with van der Waals surface area (Å²) in [5.41, 5.74) is 2.40. The third-order valence-corrected chi connectivity index (χ3v) is 4.50. The molecule has 1 saturated heterocycles. The minimum atomic E-state index is -0.0643. The van der Waals surface area contributed by atoms with E-state index in [1.54, 1.807) is 7.05 Å². The number of nitrogens with zero attached hydrogens (tertiary/aromatic N) is 3. The highest BCUT2D eigenvalue weighted by Gasteiger charge is 2.27. The smallest absolute Gasteiger partial charge is 0.309 e. The Bertz CT molecular complexity index is 599. The van der Waals surface area contributed by atoms with Crippen molar-refractivity contribution < 1.29 is 9.53 Å². The van der Waals surface area contributed by atoms with Crippen LogP contribution in [0.4, 0.5) is 5.69 Å². The number of ether oxygens (including phenoxy) is 1. The summed E-state index contributed by atoms with van der Waals surface area (Å²) < 4.78 is 5.13. The normalized spacial score (nSPS) is 15.2. The fourth-order valence-electron chi connectivity index (χ4n) is 3.05. The molecule has 0 spiro atoms. The van der Waals surface area contributed by atoms with Crippen LogP contribution in [0, 0.1) is 5.92 Å². The molecule has 0 bridgehead atoms. The molecule has 146 valence electrons. The van der Waals surface area contributed by atoms with Crippen molar-refractivity contribution in [3.8, 4) is 0 Å². The van der Waals surface area contributed by atoms with Crippen LogP contribution in [0.1, 0.15) is 25.3 Å². The van der Waals surface area contributed by atoms with Gasteiger partial charge in [0.25, 0.3) is 0 Å². The van der Waals surface area contributed by atoms with Crippen molar-refractivity contribution in [2.24, 2.45) is 10.9 Å². The molecule has 26 heavy (non-hydrogen) atoms. The second-order valence-corrected chi connectivity index (χ2v) is 6.48. The summed E-state index contributed by atoms with van der Waals surface area (Å²) in [7, 11) is 5.88. The van der Waals surface area contributed by atoms with E-state index in [-0.39, 0.29) is 35.9 Å². The average Bonchev–Trinajstić information content (AvgIpc) is 2.63. The van der Waals surface area contributed by atoms with E-state index in [2.05, 4.69) is 44.4 Å². The van der Waals surface area contributed by atoms with E-state index in [4.69, 9.17) is 4.74 Å². The molecule has 7 heteroatoms. The van der Waals surface area contributed by atoms with Gasteiger partial charge in [0.15, 0.2) is 5.96 Å². The zero-order valence-electron chi connectivity index (χ0n) is 16.2. The number of likely N-dealkylation sites (tertiary alicyclic amines) is 1. The first kappa shape index (κ1) is 22.5. The number of halogens is 1. The lowest BCUT2D eigenvalue weighted by Crippen LogP contribution is -2.46. The minimum absolute atomic E-state index is 0. The molecule has 1 aliphatic rings. The molecule has 1 heterocycles. The zero-order chi connectivity index (χ0) is 18.2. The van der Waals surface area contributed by atoms with Crippen LogP contribution >= 0.6 is 24.0 Å². The first-order chi connectivity index (χ1) is 12.0. The van der Waals surface area contributed by atoms with Gasteiger partial charge in [-0.1, -0.05) is 12.1 Å². The summed E-state index contributed by atoms with van der Waals surface area (Å²) >= 11 is 0. The van der Waals surface area contributed by atoms with Gasteiger partial charge in [-0.3, -0.25) is 9.79 Å². The first-order valence-corrected chi connectivity index (χ1v) is 8.93. The van der Waals surface area contributed by atoms with Crippen molar-refractivity contribution in [2.45, 2.75) is 26.3 Å². The summed E-state index contributed by atoms with van der Waals surface area (Å²) in [5, 5.41) is 3.43. The van der Waals surface area contributed by atoms with Gasteiger partial charge in [-0.25, -0.2) is 0 Å². The van der Waals surface area contributed by atoms with E-state index in [1.165, 1.54) is 11.3 Å². The third kappa shape index (κ3) is 6.34. The van der Waals surface area contributed by atoms with Crippen molar-refractivity contribution in [3.05, 3.63) is 29.8 Å². The average molecular weight is 474 g/mol. The summed E-state index contributed by atoms with van der Waals surface area (Å²) in [6.07, 6.45) is 1.63. The standard InChI is InChI=1S/C19H30N4O2.HI/c1-5-25-18(24)16-9-11-23(12-10-16)19(20-2)21-14-15-7-6-8-17(13-15)22(3)4;/h6-8,13,16H,5,9-12,14H2,1-4H3,(H,20,21);1H. The Kier molecular flexibility index (Phi) is 9.75. The summed E-state index contributed by atoms with van der Waals surface area (Å²) in [5.74, 6) is 0.842. The topological polar surface area (TPSA) is 57.2 Å². The minimum Gasteiger partial charge on any atom is -0.466 e. The number of rotatable bonds is 5. The summed E-state index contributed by atoms with van der Waals surface area (Å²) in [6, 6.07) is 8.45. The molecule has 1 aromatic rings. The quantitative estimate of drug-likeness (QED) is 0.308. The van der Waals surface area contributed by atoms with E-state index in [0.29, 0.717) is 6.61 Å². The predicted molar refractivity (Wildman–Crippen MR) is 117 cm³/mol. The molecule has 1 fully saturated rings. The van der Waals surface area contributed by atoms with Crippen LogP contribution in [0.15, 0.2) is 29.3 Å². The Morgan fingerprint density at radius 3 is 2.62 bits per heavy atom. The highest BCUT2D eigenvalue weighted by molar-refractivity contribution is 14.0. The number of carbonyl (C=O) groups is 1. The molecule has 0 aliphatic carbocycles. The van der Waals surface area contributed by atoms with Crippen LogP contribution in [0.25, 0.3) is 0 Å². The van der Waals surface area contributed by atoms with Gasteiger partial charge < -0.3 is 19.9 Å². The van der Waals surface area contributed by atoms with Crippen molar-refractivity contribution in [2.75, 3.05) is 45.7 Å². The Morgan fingerprint density at radius 2 is 2.04 bits per heavy atom. The Morgan fingerprint density at radius 1 is 1.35 bits per heavy atom. The van der Waals surface area contributed by atoms with Crippen molar-refractivity contribution >= 4 is 41.6 Å². The lowest BCUT2D eigenvalue weighted by atomic mass is 9.97. The molecule has 1 aliphatic heterocycles. The van der Waals surface area contributed by atoms with Crippen LogP contribution in [-0.4, -0.2) is 57.7 Å². The van der Waals surface area contributed by atoms with Crippen LogP contribution in [-0.2, 0) is 16.1 Å². The molecule has 0 aromatic heterocycles. The van der Waals surface area contributed by atoms with Gasteiger partial charge in [0, 0.05) is 46.5 Å². The summed E-state index contributed by atoms with van der Waals surface area (Å²) in [4.78, 5) is 20.6. The molecule has 0 atom stereocenters. The number of carbonyl (C=O) groups excluding carboxylic acids is 1. The number of nitrogens with one attached hydrogen (secondary N) is 1. The lowest BCUT2D eigenvalue weighted by Gasteiger charge is -2.33. The molecule has 2 rings (SSSR count). The highest BCUT2D eigenvalue weighted by atomic mass is 127. The number of esters is 1. The molecule has 0 unspecified atom stereocenters. The van der Waals surface area contributed by atoms with Gasteiger partial charge in [0.2, 0.25) is 0 Å². The van der Waals surface area contributed by atoms with Gasteiger partial charge in [-0.05, 0) is 37.5 Å². The first-order valence-electron chi connectivity index (χ1n) is 8.93. The number of aliphatic imine (C=N–C) groups is 1. The number of benzene rings is 1. The maximum atomic E-state index is 11.9. The van der Waals surface area contributed by atoms with Gasteiger partial charge in [-0.15, -0.1) is 24.0 Å². The second-order valence-electron chi connectivity index (χ2n) is 6.48. The lowest BCUT2D eigenvalue weighted by molar-refractivity contribution is -0.149. The Hall–Kier alpha value is -1.51. The largest absolute Gasteiger partial charge is 0.466 e. The van der Waals surface area contributed by atoms with Crippen LogP contribution in [0.3, 0.4) is 0 Å². The van der Waals surface area contributed by atoms with Crippen molar-refractivity contribution in [1.29, 1.82) is 0 Å². The van der Waals surface area contributed by atoms with E-state index in [1.807, 2.05) is 21.0 Å². The SMILES string of the molecule is CCOC(=O)C1CCN(C(=NC)NCc2cccc(N(C)C)c2)CC1.I. The predicted octanol–water partition coefficient (Wildman–Crippen LogP) is 2.72. The molecular weight excluding hydrogens is 443 g/mol. The second kappa shape index (κ2) is 11.3. The molecule has 6 nitrogen and oxygen atoms in total. The molecule has 0 saturated carbocycles. The molecule has 0 amide bonds. The number of guanidine groups is 1. The fraction of sp³-hybridized carbons (Fsp3) is 0.579. The monoisotopic (exact) mass is 474 g/mol. The number of hydrogen-bond donors (Lipinski definition) is 1. The fourth-order valence-corrected chi connectivity index (χ4v) is 3.05. The zero-order valence-corrected chi connectivity index (χ0v) is 18.5. The summed E-state index contributed by atoms with van der Waals surface area (Å²) in [6.45, 7) is 4.67. The van der Waals surface area contributed by atoms with Crippen molar-refractivity contribution in [1.82, 2.24) is 10.2 Å². The molecule has 1 aromatic carbocycles. The molecular formula is C19H31IN4O2. The molecule has 0 radical (unpaired) electrons. The van der Waals surface area contributed by atoms with E-state index in [0.717, 1.165) is 38.4 Å². The highest BCUT2D eigenvalue weighted by Crippen LogP contribution is 2.19. The number of anilines is 1. The van der Waals surface area contributed by atoms with E-state index in [9.17, 15) is 4.79 Å². The maximum Gasteiger partial charge on any atom is 0.309 e. The number of piperidine rings is 1. The van der Waals surface area contributed by atoms with E-state index < -0.39 is 0 Å². The Labute approximate surface area is 174 Å². The Balaban J connectivity index is 0.00000338. The molecule has 1 N–H and O–H groups in total. The van der Waals surface area contributed by atoms with E-state index >= 15 is 0 Å². The number of hydrogen-bond acceptors (Lipinski definition) is 4. The van der Waals surface area contributed by atoms with Crippen LogP contribution in [0.2, 0.25) is 0 Å². The van der Waals surface area contributed by atoms with Gasteiger partial charge in [0.1, 0.15) is 0 Å². The third-order valence-electron chi connectivity index (χ3n) is 4.50. The van der Waals surface area contributed by atoms with Gasteiger partial charge >= 0.3 is 5.97 Å². The van der Waals surface area contributed by atoms with Crippen LogP contribution < -0.4 is 10.2 Å². The van der Waals surface area contributed by atoms with Gasteiger partial charge in [0.05, 0.1) is 12.5 Å². The van der Waals surface area contributed by atoms with Crippen LogP contribution in [0.5, 0.6) is 0 Å². The maximum absolute atomic E-state index is 11.9. The van der Waals surface area contributed by atoms with Gasteiger partial charge in [-0.2, -0.15) is 0 Å². The van der Waals surface area contributed by atoms with Crippen molar-refractivity contribution in [3.63, 3.8) is 0 Å².